The Hall–Kier alpha value is 1.15. The zero-order valence-electron chi connectivity index (χ0n) is 9.95. The van der Waals surface area contributed by atoms with Gasteiger partial charge in [-0.15, -0.1) is 0 Å². The minimum atomic E-state index is -2.90. The van der Waals surface area contributed by atoms with E-state index in [1.54, 1.807) is 0 Å². The normalized spacial score (nSPS) is 26.5. The number of alkyl halides is 2. The first-order chi connectivity index (χ1) is 8.12. The molecule has 2 atom stereocenters. The van der Waals surface area contributed by atoms with E-state index in [1.807, 2.05) is 12.2 Å². The van der Waals surface area contributed by atoms with Crippen LogP contribution in [0.15, 0.2) is 12.2 Å². The van der Waals surface area contributed by atoms with E-state index in [0.717, 1.165) is 47.4 Å². The van der Waals surface area contributed by atoms with E-state index in [4.69, 9.17) is 0 Å². The van der Waals surface area contributed by atoms with E-state index in [2.05, 4.69) is 45.2 Å². The molecule has 2 nitrogen and oxygen atoms in total. The second-order valence-corrected chi connectivity index (χ2v) is 8.97. The van der Waals surface area contributed by atoms with Crippen LogP contribution in [-0.2, 0) is 9.84 Å². The highest BCUT2D eigenvalue weighted by Gasteiger charge is 2.34. The largest absolute Gasteiger partial charge is 0.228 e. The molecule has 0 spiro atoms. The van der Waals surface area contributed by atoms with Gasteiger partial charge in [-0.2, -0.15) is 0 Å². The molecule has 1 aliphatic heterocycles. The van der Waals surface area contributed by atoms with Crippen LogP contribution >= 0.6 is 45.2 Å². The average molecular weight is 482 g/mol. The molecule has 0 amide bonds. The fourth-order valence-corrected chi connectivity index (χ4v) is 5.23. The number of rotatable bonds is 8. The van der Waals surface area contributed by atoms with Crippen molar-refractivity contribution in [3.8, 4) is 0 Å². The average Bonchev–Trinajstić information content (AvgIpc) is 2.56. The number of sulfone groups is 1. The van der Waals surface area contributed by atoms with E-state index in [1.165, 1.54) is 0 Å². The molecule has 1 aliphatic rings. The lowest BCUT2D eigenvalue weighted by molar-refractivity contribution is 0.571. The maximum absolute atomic E-state index is 12.2. The third-order valence-corrected chi connectivity index (χ3v) is 7.13. The van der Waals surface area contributed by atoms with Crippen LogP contribution in [0.4, 0.5) is 0 Å². The third-order valence-electron chi connectivity index (χ3n) is 3.13. The molecular formula is C12H20I2O2S. The Bertz CT molecular complexity index is 312. The van der Waals surface area contributed by atoms with Crippen LogP contribution in [0.5, 0.6) is 0 Å². The second kappa shape index (κ2) is 8.35. The Labute approximate surface area is 132 Å². The van der Waals surface area contributed by atoms with Crippen molar-refractivity contribution < 1.29 is 8.42 Å². The van der Waals surface area contributed by atoms with Gasteiger partial charge in [0, 0.05) is 0 Å². The molecule has 0 fully saturated rings. The molecule has 1 rings (SSSR count). The van der Waals surface area contributed by atoms with Crippen LogP contribution in [0.1, 0.15) is 38.5 Å². The summed E-state index contributed by atoms with van der Waals surface area (Å²) in [6.07, 6.45) is 9.78. The Morgan fingerprint density at radius 2 is 1.24 bits per heavy atom. The Kier molecular flexibility index (Phi) is 7.96. The van der Waals surface area contributed by atoms with Crippen molar-refractivity contribution in [2.45, 2.75) is 49.0 Å². The summed E-state index contributed by atoms with van der Waals surface area (Å²) in [6.45, 7) is 0. The number of unbranched alkanes of at least 4 members (excludes halogenated alkanes) is 2. The van der Waals surface area contributed by atoms with Crippen molar-refractivity contribution >= 4 is 55.0 Å². The van der Waals surface area contributed by atoms with Gasteiger partial charge in [0.05, 0.1) is 10.5 Å². The van der Waals surface area contributed by atoms with Gasteiger partial charge >= 0.3 is 0 Å². The summed E-state index contributed by atoms with van der Waals surface area (Å²) < 4.78 is 26.7. The summed E-state index contributed by atoms with van der Waals surface area (Å²) in [6, 6.07) is 0. The summed E-state index contributed by atoms with van der Waals surface area (Å²) in [5.74, 6) is 0. The van der Waals surface area contributed by atoms with Crippen molar-refractivity contribution in [2.24, 2.45) is 0 Å². The van der Waals surface area contributed by atoms with Gasteiger partial charge in [0.1, 0.15) is 0 Å². The number of halogens is 2. The lowest BCUT2D eigenvalue weighted by atomic mass is 10.1. The molecule has 100 valence electrons. The van der Waals surface area contributed by atoms with Crippen LogP contribution < -0.4 is 0 Å². The molecule has 1 heterocycles. The van der Waals surface area contributed by atoms with Gasteiger partial charge in [-0.25, -0.2) is 8.42 Å². The van der Waals surface area contributed by atoms with Gasteiger partial charge in [-0.1, -0.05) is 70.2 Å². The van der Waals surface area contributed by atoms with Gasteiger partial charge in [0.15, 0.2) is 9.84 Å². The summed E-state index contributed by atoms with van der Waals surface area (Å²) in [7, 11) is -2.90. The molecule has 0 bridgehead atoms. The maximum atomic E-state index is 12.2. The molecule has 0 saturated heterocycles. The highest BCUT2D eigenvalue weighted by Crippen LogP contribution is 2.27. The quantitative estimate of drug-likeness (QED) is 0.228. The molecular weight excluding hydrogens is 462 g/mol. The second-order valence-electron chi connectivity index (χ2n) is 4.42. The lowest BCUT2D eigenvalue weighted by Crippen LogP contribution is -2.24. The van der Waals surface area contributed by atoms with Gasteiger partial charge in [-0.3, -0.25) is 0 Å². The van der Waals surface area contributed by atoms with Crippen molar-refractivity contribution in [3.05, 3.63) is 12.2 Å². The molecule has 0 aliphatic carbocycles. The Morgan fingerprint density at radius 1 is 0.824 bits per heavy atom. The van der Waals surface area contributed by atoms with Crippen LogP contribution in [-0.4, -0.2) is 27.8 Å². The first-order valence-corrected chi connectivity index (χ1v) is 10.8. The van der Waals surface area contributed by atoms with Gasteiger partial charge in [-0.05, 0) is 34.5 Å². The lowest BCUT2D eigenvalue weighted by Gasteiger charge is -2.13. The third kappa shape index (κ3) is 4.97. The minimum Gasteiger partial charge on any atom is -0.228 e. The predicted molar refractivity (Wildman–Crippen MR) is 91.1 cm³/mol. The summed E-state index contributed by atoms with van der Waals surface area (Å²) in [5, 5.41) is -0.398. The van der Waals surface area contributed by atoms with E-state index >= 15 is 0 Å². The summed E-state index contributed by atoms with van der Waals surface area (Å²) >= 11 is 4.68. The van der Waals surface area contributed by atoms with E-state index in [9.17, 15) is 8.42 Å². The van der Waals surface area contributed by atoms with Gasteiger partial charge < -0.3 is 0 Å². The van der Waals surface area contributed by atoms with Gasteiger partial charge in [0.2, 0.25) is 0 Å². The van der Waals surface area contributed by atoms with E-state index in [0.29, 0.717) is 0 Å². The molecule has 0 saturated carbocycles. The summed E-state index contributed by atoms with van der Waals surface area (Å²) in [4.78, 5) is 0. The molecule has 0 aromatic carbocycles. The fraction of sp³-hybridized carbons (Fsp3) is 0.833. The molecule has 5 heteroatoms. The zero-order valence-corrected chi connectivity index (χ0v) is 15.1. The van der Waals surface area contributed by atoms with Crippen LogP contribution in [0.3, 0.4) is 0 Å². The Morgan fingerprint density at radius 3 is 1.59 bits per heavy atom. The van der Waals surface area contributed by atoms with Crippen LogP contribution in [0.25, 0.3) is 0 Å². The zero-order chi connectivity index (χ0) is 12.7. The monoisotopic (exact) mass is 482 g/mol. The highest BCUT2D eigenvalue weighted by atomic mass is 127. The molecule has 2 unspecified atom stereocenters. The first kappa shape index (κ1) is 16.2. The molecule has 0 N–H and O–H groups in total. The van der Waals surface area contributed by atoms with Crippen LogP contribution in [0, 0.1) is 0 Å². The molecule has 17 heavy (non-hydrogen) atoms. The number of hydrogen-bond acceptors (Lipinski definition) is 2. The minimum absolute atomic E-state index is 0.199. The summed E-state index contributed by atoms with van der Waals surface area (Å²) in [5.41, 5.74) is 0. The standard InChI is InChI=1S/C12H20I2O2S/c13-9-3-1-5-11-7-8-12(17(11,15)16)6-2-4-10-14/h7-8,11-12H,1-6,9-10H2. The van der Waals surface area contributed by atoms with E-state index in [-0.39, 0.29) is 10.5 Å². The highest BCUT2D eigenvalue weighted by molar-refractivity contribution is 14.1. The smallest absolute Gasteiger partial charge is 0.163 e. The Balaban J connectivity index is 2.43. The van der Waals surface area contributed by atoms with Crippen molar-refractivity contribution in [1.29, 1.82) is 0 Å². The van der Waals surface area contributed by atoms with Crippen LogP contribution in [0.2, 0.25) is 0 Å². The maximum Gasteiger partial charge on any atom is 0.163 e. The topological polar surface area (TPSA) is 34.1 Å². The fourth-order valence-electron chi connectivity index (χ4n) is 2.09. The van der Waals surface area contributed by atoms with Crippen molar-refractivity contribution in [2.75, 3.05) is 8.86 Å². The number of hydrogen-bond donors (Lipinski definition) is 0. The SMILES string of the molecule is O=S1(=O)C(CCCCI)C=CC1CCCCI. The van der Waals surface area contributed by atoms with Crippen molar-refractivity contribution in [1.82, 2.24) is 0 Å². The molecule has 0 radical (unpaired) electrons. The van der Waals surface area contributed by atoms with Gasteiger partial charge in [0.25, 0.3) is 0 Å². The molecule has 0 aromatic rings. The van der Waals surface area contributed by atoms with Crippen molar-refractivity contribution in [3.63, 3.8) is 0 Å². The molecule has 0 aromatic heterocycles. The van der Waals surface area contributed by atoms with E-state index < -0.39 is 9.84 Å². The first-order valence-electron chi connectivity index (χ1n) is 6.16. The predicted octanol–water partition coefficient (Wildman–Crippen LogP) is 3.92.